The number of nitriles is 1. The third-order valence-electron chi connectivity index (χ3n) is 5.29. The van der Waals surface area contributed by atoms with Crippen molar-refractivity contribution in [2.75, 3.05) is 5.32 Å². The Kier molecular flexibility index (Phi) is 6.92. The molecule has 0 saturated carbocycles. The molecule has 0 heterocycles. The van der Waals surface area contributed by atoms with Crippen molar-refractivity contribution in [3.8, 4) is 11.8 Å². The van der Waals surface area contributed by atoms with Crippen molar-refractivity contribution in [3.63, 3.8) is 0 Å². The van der Waals surface area contributed by atoms with Crippen molar-refractivity contribution in [2.45, 2.75) is 11.5 Å². The number of carbonyl (C=O) groups excluding carboxylic acids is 1. The maximum Gasteiger partial charge on any atom is 0.266 e. The van der Waals surface area contributed by atoms with E-state index in [1.807, 2.05) is 54.6 Å². The normalized spacial score (nSPS) is 11.6. The van der Waals surface area contributed by atoms with Gasteiger partial charge in [-0.25, -0.2) is 13.6 Å². The van der Waals surface area contributed by atoms with Crippen molar-refractivity contribution in [1.82, 2.24) is 0 Å². The van der Waals surface area contributed by atoms with Crippen LogP contribution in [0.4, 0.5) is 5.69 Å². The minimum Gasteiger partial charge on any atom is -0.488 e. The quantitative estimate of drug-likeness (QED) is 0.294. The Balaban J connectivity index is 1.53. The number of hydrogen-bond donors (Lipinski definition) is 2. The van der Waals surface area contributed by atoms with Crippen LogP contribution in [-0.4, -0.2) is 14.3 Å². The summed E-state index contributed by atoms with van der Waals surface area (Å²) in [6.45, 7) is 0.316. The van der Waals surface area contributed by atoms with Crippen LogP contribution in [0.3, 0.4) is 0 Å². The number of carbonyl (C=O) groups is 1. The highest BCUT2D eigenvalue weighted by molar-refractivity contribution is 7.89. The molecule has 4 aromatic rings. The van der Waals surface area contributed by atoms with Crippen LogP contribution < -0.4 is 15.2 Å². The molecule has 7 nitrogen and oxygen atoms in total. The standard InChI is InChI=1S/C27H21N3O4S/c28-17-22(27(31)30-23-12-14-24(15-13-23)35(29,32)33)16-20-7-2-4-11-26(20)34-18-21-9-5-8-19-6-1-3-10-25(19)21/h1-16H,18H2,(H,30,31)(H2,29,32,33)/b22-16-. The number of amides is 1. The first-order chi connectivity index (χ1) is 16.8. The van der Waals surface area contributed by atoms with E-state index in [4.69, 9.17) is 9.88 Å². The molecule has 4 aromatic carbocycles. The number of benzene rings is 4. The molecule has 0 atom stereocenters. The van der Waals surface area contributed by atoms with Gasteiger partial charge < -0.3 is 10.1 Å². The van der Waals surface area contributed by atoms with Crippen LogP contribution >= 0.6 is 0 Å². The fraction of sp³-hybridized carbons (Fsp3) is 0.0370. The number of ether oxygens (including phenoxy) is 1. The van der Waals surface area contributed by atoms with Gasteiger partial charge in [0.2, 0.25) is 10.0 Å². The summed E-state index contributed by atoms with van der Waals surface area (Å²) in [4.78, 5) is 12.6. The van der Waals surface area contributed by atoms with Crippen LogP contribution in [0.5, 0.6) is 5.75 Å². The first-order valence-electron chi connectivity index (χ1n) is 10.6. The molecule has 3 N–H and O–H groups in total. The van der Waals surface area contributed by atoms with E-state index in [2.05, 4.69) is 5.32 Å². The van der Waals surface area contributed by atoms with Gasteiger partial charge in [0.25, 0.3) is 5.91 Å². The van der Waals surface area contributed by atoms with E-state index < -0.39 is 15.9 Å². The van der Waals surface area contributed by atoms with Crippen molar-refractivity contribution < 1.29 is 17.9 Å². The summed E-state index contributed by atoms with van der Waals surface area (Å²) in [6.07, 6.45) is 1.45. The molecule has 4 rings (SSSR count). The zero-order chi connectivity index (χ0) is 24.8. The lowest BCUT2D eigenvalue weighted by atomic mass is 10.1. The second-order valence-electron chi connectivity index (χ2n) is 7.66. The number of primary sulfonamides is 1. The summed E-state index contributed by atoms with van der Waals surface area (Å²) >= 11 is 0. The zero-order valence-corrected chi connectivity index (χ0v) is 19.3. The van der Waals surface area contributed by atoms with Gasteiger partial charge in [-0.05, 0) is 52.7 Å². The Morgan fingerprint density at radius 1 is 0.943 bits per heavy atom. The minimum absolute atomic E-state index is 0.0798. The number of sulfonamides is 1. The number of para-hydroxylation sites is 1. The van der Waals surface area contributed by atoms with Crippen LogP contribution in [0.1, 0.15) is 11.1 Å². The molecular formula is C27H21N3O4S. The van der Waals surface area contributed by atoms with E-state index in [0.717, 1.165) is 16.3 Å². The Bertz CT molecular complexity index is 1570. The molecule has 0 aromatic heterocycles. The fourth-order valence-corrected chi connectivity index (χ4v) is 4.05. The van der Waals surface area contributed by atoms with Crippen LogP contribution in [0.2, 0.25) is 0 Å². The molecule has 0 saturated heterocycles. The van der Waals surface area contributed by atoms with Gasteiger partial charge in [0.15, 0.2) is 0 Å². The van der Waals surface area contributed by atoms with E-state index in [-0.39, 0.29) is 10.5 Å². The van der Waals surface area contributed by atoms with Crippen molar-refractivity contribution in [1.29, 1.82) is 5.26 Å². The second-order valence-corrected chi connectivity index (χ2v) is 9.22. The van der Waals surface area contributed by atoms with Gasteiger partial charge in [0.1, 0.15) is 24.0 Å². The SMILES string of the molecule is N#C/C(=C/c1ccccc1OCc1cccc2ccccc12)C(=O)Nc1ccc(S(N)(=O)=O)cc1. The van der Waals surface area contributed by atoms with Gasteiger partial charge in [-0.2, -0.15) is 5.26 Å². The predicted octanol–water partition coefficient (Wildman–Crippen LogP) is 4.61. The molecule has 35 heavy (non-hydrogen) atoms. The average molecular weight is 484 g/mol. The van der Waals surface area contributed by atoms with Gasteiger partial charge in [-0.3, -0.25) is 4.79 Å². The molecule has 0 spiro atoms. The van der Waals surface area contributed by atoms with Crippen LogP contribution in [0.25, 0.3) is 16.8 Å². The van der Waals surface area contributed by atoms with E-state index in [1.54, 1.807) is 18.2 Å². The molecule has 0 aliphatic rings. The second kappa shape index (κ2) is 10.2. The number of anilines is 1. The van der Waals surface area contributed by atoms with Crippen molar-refractivity contribution >= 4 is 38.5 Å². The summed E-state index contributed by atoms with van der Waals surface area (Å²) in [7, 11) is -3.84. The van der Waals surface area contributed by atoms with Gasteiger partial charge >= 0.3 is 0 Å². The highest BCUT2D eigenvalue weighted by atomic mass is 32.2. The maximum absolute atomic E-state index is 12.7. The Hall–Kier alpha value is -4.45. The highest BCUT2D eigenvalue weighted by Crippen LogP contribution is 2.25. The highest BCUT2D eigenvalue weighted by Gasteiger charge is 2.13. The number of fused-ring (bicyclic) bond motifs is 1. The lowest BCUT2D eigenvalue weighted by Gasteiger charge is -2.12. The third kappa shape index (κ3) is 5.73. The number of nitrogens with zero attached hydrogens (tertiary/aromatic N) is 1. The summed E-state index contributed by atoms with van der Waals surface area (Å²) in [5.41, 5.74) is 1.78. The summed E-state index contributed by atoms with van der Waals surface area (Å²) < 4.78 is 28.8. The lowest BCUT2D eigenvalue weighted by Crippen LogP contribution is -2.14. The predicted molar refractivity (Wildman–Crippen MR) is 135 cm³/mol. The van der Waals surface area contributed by atoms with Crippen LogP contribution in [-0.2, 0) is 21.4 Å². The van der Waals surface area contributed by atoms with E-state index in [1.165, 1.54) is 30.3 Å². The summed E-state index contributed by atoms with van der Waals surface area (Å²) in [5, 5.41) is 19.5. The molecule has 174 valence electrons. The molecule has 0 fully saturated rings. The summed E-state index contributed by atoms with van der Waals surface area (Å²) in [6, 6.07) is 28.4. The third-order valence-corrected chi connectivity index (χ3v) is 6.22. The maximum atomic E-state index is 12.7. The Morgan fingerprint density at radius 3 is 2.37 bits per heavy atom. The number of nitrogens with two attached hydrogens (primary N) is 1. The smallest absolute Gasteiger partial charge is 0.266 e. The molecule has 0 aliphatic carbocycles. The minimum atomic E-state index is -3.84. The number of hydrogen-bond acceptors (Lipinski definition) is 5. The van der Waals surface area contributed by atoms with Crippen LogP contribution in [0, 0.1) is 11.3 Å². The molecule has 0 unspecified atom stereocenters. The fourth-order valence-electron chi connectivity index (χ4n) is 3.54. The van der Waals surface area contributed by atoms with E-state index in [0.29, 0.717) is 23.6 Å². The molecule has 1 amide bonds. The van der Waals surface area contributed by atoms with Crippen molar-refractivity contribution in [2.24, 2.45) is 5.14 Å². The largest absolute Gasteiger partial charge is 0.488 e. The molecular weight excluding hydrogens is 462 g/mol. The van der Waals surface area contributed by atoms with Crippen LogP contribution in [0.15, 0.2) is 101 Å². The topological polar surface area (TPSA) is 122 Å². The Morgan fingerprint density at radius 2 is 1.63 bits per heavy atom. The average Bonchev–Trinajstić information content (AvgIpc) is 2.86. The summed E-state index contributed by atoms with van der Waals surface area (Å²) in [5.74, 6) is -0.113. The number of rotatable bonds is 7. The van der Waals surface area contributed by atoms with Gasteiger partial charge in [0, 0.05) is 11.3 Å². The monoisotopic (exact) mass is 483 g/mol. The van der Waals surface area contributed by atoms with E-state index in [9.17, 15) is 18.5 Å². The van der Waals surface area contributed by atoms with Gasteiger partial charge in [0.05, 0.1) is 4.90 Å². The lowest BCUT2D eigenvalue weighted by molar-refractivity contribution is -0.112. The number of nitrogens with one attached hydrogen (secondary N) is 1. The van der Waals surface area contributed by atoms with Crippen molar-refractivity contribution in [3.05, 3.63) is 108 Å². The first-order valence-corrected chi connectivity index (χ1v) is 12.1. The molecule has 0 aliphatic heterocycles. The van der Waals surface area contributed by atoms with E-state index >= 15 is 0 Å². The zero-order valence-electron chi connectivity index (χ0n) is 18.5. The Labute approximate surface area is 203 Å². The molecule has 0 bridgehead atoms. The first kappa shape index (κ1) is 23.7. The molecule has 0 radical (unpaired) electrons. The van der Waals surface area contributed by atoms with Gasteiger partial charge in [-0.1, -0.05) is 60.7 Å². The van der Waals surface area contributed by atoms with Gasteiger partial charge in [-0.15, -0.1) is 0 Å². The molecule has 8 heteroatoms.